The molecule has 1 aromatic carbocycles. The third kappa shape index (κ3) is 1.59. The molecule has 4 nitrogen and oxygen atoms in total. The Morgan fingerprint density at radius 1 is 1.33 bits per heavy atom. The van der Waals surface area contributed by atoms with Crippen molar-refractivity contribution in [1.29, 1.82) is 0 Å². The number of para-hydroxylation sites is 1. The second kappa shape index (κ2) is 3.58. The Labute approximate surface area is 89.0 Å². The van der Waals surface area contributed by atoms with Gasteiger partial charge in [-0.05, 0) is 12.1 Å². The van der Waals surface area contributed by atoms with Crippen LogP contribution in [0.5, 0.6) is 0 Å². The normalized spacial score (nSPS) is 12.9. The number of aryl methyl sites for hydroxylation is 1. The Kier molecular flexibility index (Phi) is 2.40. The Bertz CT molecular complexity index is 604. The predicted octanol–water partition coefficient (Wildman–Crippen LogP) is 0.671. The Hall–Kier alpha value is -1.49. The molecule has 78 valence electrons. The van der Waals surface area contributed by atoms with Crippen molar-refractivity contribution in [2.75, 3.05) is 6.26 Å². The predicted molar refractivity (Wildman–Crippen MR) is 59.3 cm³/mol. The molecule has 1 unspecified atom stereocenters. The van der Waals surface area contributed by atoms with Crippen molar-refractivity contribution >= 4 is 21.7 Å². The molecule has 2 aromatic rings. The molecule has 5 heteroatoms. The van der Waals surface area contributed by atoms with E-state index in [1.807, 2.05) is 12.1 Å². The Morgan fingerprint density at radius 3 is 2.67 bits per heavy atom. The second-order valence-corrected chi connectivity index (χ2v) is 4.52. The monoisotopic (exact) mass is 222 g/mol. The molecule has 0 radical (unpaired) electrons. The van der Waals surface area contributed by atoms with E-state index in [0.29, 0.717) is 5.39 Å². The fraction of sp³-hybridized carbons (Fsp3) is 0.200. The van der Waals surface area contributed by atoms with Crippen LogP contribution in [0.15, 0.2) is 34.1 Å². The summed E-state index contributed by atoms with van der Waals surface area (Å²) in [6.45, 7) is 0. The van der Waals surface area contributed by atoms with Gasteiger partial charge in [0.05, 0.1) is 21.7 Å². The highest BCUT2D eigenvalue weighted by Crippen LogP contribution is 2.08. The summed E-state index contributed by atoms with van der Waals surface area (Å²) in [7, 11) is 0.383. The number of fused-ring (bicyclic) bond motifs is 1. The summed E-state index contributed by atoms with van der Waals surface area (Å²) in [6.07, 6.45) is 1.46. The lowest BCUT2D eigenvalue weighted by Crippen LogP contribution is -2.17. The van der Waals surface area contributed by atoms with E-state index in [1.165, 1.54) is 6.26 Å². The molecule has 0 aliphatic rings. The minimum atomic E-state index is -1.35. The van der Waals surface area contributed by atoms with Crippen LogP contribution >= 0.6 is 0 Å². The van der Waals surface area contributed by atoms with E-state index < -0.39 is 10.8 Å². The van der Waals surface area contributed by atoms with Gasteiger partial charge in [-0.15, -0.1) is 0 Å². The Balaban J connectivity index is 2.97. The van der Waals surface area contributed by atoms with Gasteiger partial charge in [0.2, 0.25) is 5.43 Å². The summed E-state index contributed by atoms with van der Waals surface area (Å²) in [4.78, 5) is 11.9. The highest BCUT2D eigenvalue weighted by Gasteiger charge is 2.10. The first kappa shape index (κ1) is 10.0. The molecular formula is C10H10N2O2S. The molecule has 2 rings (SSSR count). The van der Waals surface area contributed by atoms with Crippen molar-refractivity contribution < 1.29 is 4.21 Å². The van der Waals surface area contributed by atoms with Gasteiger partial charge in [-0.3, -0.25) is 13.7 Å². The number of rotatable bonds is 1. The van der Waals surface area contributed by atoms with Crippen LogP contribution in [-0.4, -0.2) is 20.2 Å². The molecule has 0 aliphatic carbocycles. The molecule has 0 saturated heterocycles. The van der Waals surface area contributed by atoms with Gasteiger partial charge < -0.3 is 0 Å². The summed E-state index contributed by atoms with van der Waals surface area (Å²) in [5.74, 6) is 0. The van der Waals surface area contributed by atoms with Crippen LogP contribution in [0.4, 0.5) is 0 Å². The van der Waals surface area contributed by atoms with E-state index in [0.717, 1.165) is 5.52 Å². The summed E-state index contributed by atoms with van der Waals surface area (Å²) in [5.41, 5.74) is 0.501. The fourth-order valence-electron chi connectivity index (χ4n) is 1.49. The summed E-state index contributed by atoms with van der Waals surface area (Å²) in [6, 6.07) is 7.15. The quantitative estimate of drug-likeness (QED) is 0.712. The van der Waals surface area contributed by atoms with E-state index in [9.17, 15) is 9.00 Å². The van der Waals surface area contributed by atoms with E-state index in [4.69, 9.17) is 0 Å². The maximum atomic E-state index is 11.9. The zero-order chi connectivity index (χ0) is 11.0. The van der Waals surface area contributed by atoms with Gasteiger partial charge in [-0.1, -0.05) is 12.1 Å². The van der Waals surface area contributed by atoms with Crippen molar-refractivity contribution in [3.05, 3.63) is 34.5 Å². The lowest BCUT2D eigenvalue weighted by Gasteiger charge is -2.05. The van der Waals surface area contributed by atoms with Crippen molar-refractivity contribution in [3.63, 3.8) is 0 Å². The van der Waals surface area contributed by atoms with Crippen LogP contribution in [0, 0.1) is 0 Å². The molecule has 0 bridgehead atoms. The first-order valence-electron chi connectivity index (χ1n) is 4.40. The minimum absolute atomic E-state index is 0.108. The molecule has 1 aromatic heterocycles. The molecule has 0 aliphatic heterocycles. The molecule has 1 heterocycles. The van der Waals surface area contributed by atoms with Gasteiger partial charge in [0.1, 0.15) is 0 Å². The minimum Gasteiger partial charge on any atom is -0.286 e. The third-order valence-corrected chi connectivity index (χ3v) is 3.02. The summed E-state index contributed by atoms with van der Waals surface area (Å²) >= 11 is 0. The maximum absolute atomic E-state index is 11.9. The fourth-order valence-corrected chi connectivity index (χ4v) is 2.10. The molecule has 0 fully saturated rings. The van der Waals surface area contributed by atoms with Crippen molar-refractivity contribution in [3.8, 4) is 0 Å². The first-order valence-corrected chi connectivity index (χ1v) is 5.96. The van der Waals surface area contributed by atoms with E-state index in [2.05, 4.69) is 5.10 Å². The summed E-state index contributed by atoms with van der Waals surface area (Å²) in [5, 5.41) is 4.67. The van der Waals surface area contributed by atoms with Gasteiger partial charge in [0, 0.05) is 13.3 Å². The van der Waals surface area contributed by atoms with Crippen molar-refractivity contribution in [1.82, 2.24) is 9.78 Å². The molecular weight excluding hydrogens is 212 g/mol. The van der Waals surface area contributed by atoms with Gasteiger partial charge in [0.25, 0.3) is 0 Å². The summed E-state index contributed by atoms with van der Waals surface area (Å²) < 4.78 is 12.9. The molecule has 1 atom stereocenters. The molecule has 0 spiro atoms. The highest BCUT2D eigenvalue weighted by molar-refractivity contribution is 7.84. The lowest BCUT2D eigenvalue weighted by molar-refractivity contribution is 0.668. The lowest BCUT2D eigenvalue weighted by atomic mass is 10.2. The smallest absolute Gasteiger partial charge is 0.224 e. The largest absolute Gasteiger partial charge is 0.286 e. The number of hydrogen-bond acceptors (Lipinski definition) is 3. The van der Waals surface area contributed by atoms with Gasteiger partial charge in [-0.2, -0.15) is 5.10 Å². The van der Waals surface area contributed by atoms with Crippen LogP contribution in [-0.2, 0) is 17.8 Å². The molecule has 0 saturated carbocycles. The Morgan fingerprint density at radius 2 is 2.00 bits per heavy atom. The molecule has 0 N–H and O–H groups in total. The maximum Gasteiger partial charge on any atom is 0.224 e. The zero-order valence-electron chi connectivity index (χ0n) is 8.43. The average molecular weight is 222 g/mol. The average Bonchev–Trinajstić information content (AvgIpc) is 2.23. The first-order chi connectivity index (χ1) is 7.11. The van der Waals surface area contributed by atoms with Gasteiger partial charge >= 0.3 is 0 Å². The van der Waals surface area contributed by atoms with Crippen molar-refractivity contribution in [2.24, 2.45) is 7.05 Å². The van der Waals surface area contributed by atoms with E-state index in [1.54, 1.807) is 23.9 Å². The topological polar surface area (TPSA) is 52.0 Å². The van der Waals surface area contributed by atoms with E-state index >= 15 is 0 Å². The van der Waals surface area contributed by atoms with Crippen LogP contribution in [0.2, 0.25) is 0 Å². The molecule has 0 amide bonds. The number of benzene rings is 1. The third-order valence-electron chi connectivity index (χ3n) is 2.20. The van der Waals surface area contributed by atoms with Crippen LogP contribution in [0.3, 0.4) is 0 Å². The highest BCUT2D eigenvalue weighted by atomic mass is 32.2. The number of hydrogen-bond donors (Lipinski definition) is 0. The van der Waals surface area contributed by atoms with Crippen LogP contribution in [0.25, 0.3) is 10.9 Å². The SMILES string of the molecule is Cn1nc(S(C)=O)c(=O)c2ccccc21. The van der Waals surface area contributed by atoms with Crippen LogP contribution in [0.1, 0.15) is 0 Å². The van der Waals surface area contributed by atoms with Crippen LogP contribution < -0.4 is 5.43 Å². The van der Waals surface area contributed by atoms with E-state index in [-0.39, 0.29) is 10.5 Å². The van der Waals surface area contributed by atoms with Gasteiger partial charge in [0.15, 0.2) is 5.03 Å². The standard InChI is InChI=1S/C10H10N2O2S/c1-12-8-6-4-3-5-7(8)9(13)10(11-12)15(2)14/h3-6H,1-2H3. The number of aromatic nitrogens is 2. The van der Waals surface area contributed by atoms with Crippen molar-refractivity contribution in [2.45, 2.75) is 5.03 Å². The molecule has 15 heavy (non-hydrogen) atoms. The van der Waals surface area contributed by atoms with Gasteiger partial charge in [-0.25, -0.2) is 0 Å². The second-order valence-electron chi connectivity index (χ2n) is 3.23. The zero-order valence-corrected chi connectivity index (χ0v) is 9.25. The number of nitrogens with zero attached hydrogens (tertiary/aromatic N) is 2.